The largest absolute Gasteiger partial charge is 0.454 e. The summed E-state index contributed by atoms with van der Waals surface area (Å²) in [5.41, 5.74) is 1.43. The minimum absolute atomic E-state index is 0.139. The highest BCUT2D eigenvalue weighted by atomic mass is 32.2. The molecular formula is C19H15N5O3S. The third kappa shape index (κ3) is 2.89. The predicted molar refractivity (Wildman–Crippen MR) is 104 cm³/mol. The van der Waals surface area contributed by atoms with E-state index in [1.165, 1.54) is 11.8 Å². The summed E-state index contributed by atoms with van der Waals surface area (Å²) in [6.45, 7) is 0.232. The molecule has 0 bridgehead atoms. The summed E-state index contributed by atoms with van der Waals surface area (Å²) in [5, 5.41) is 9.87. The zero-order valence-electron chi connectivity index (χ0n) is 14.9. The fraction of sp³-hybridized carbons (Fsp3) is 0.158. The maximum Gasteiger partial charge on any atom is 0.258 e. The van der Waals surface area contributed by atoms with E-state index >= 15 is 0 Å². The van der Waals surface area contributed by atoms with Gasteiger partial charge in [0.25, 0.3) is 5.56 Å². The zero-order chi connectivity index (χ0) is 19.1. The van der Waals surface area contributed by atoms with Gasteiger partial charge in [0.15, 0.2) is 22.5 Å². The molecule has 0 aliphatic carbocycles. The van der Waals surface area contributed by atoms with Crippen molar-refractivity contribution < 1.29 is 9.47 Å². The number of thioether (sulfide) groups is 1. The Morgan fingerprint density at radius 2 is 2.00 bits per heavy atom. The van der Waals surface area contributed by atoms with Gasteiger partial charge < -0.3 is 19.0 Å². The second-order valence-corrected chi connectivity index (χ2v) is 7.19. The molecule has 0 saturated heterocycles. The summed E-state index contributed by atoms with van der Waals surface area (Å²) in [4.78, 5) is 19.6. The van der Waals surface area contributed by atoms with Crippen LogP contribution >= 0.6 is 11.8 Å². The first-order valence-corrected chi connectivity index (χ1v) is 9.58. The van der Waals surface area contributed by atoms with Crippen LogP contribution in [0.4, 0.5) is 0 Å². The Balaban J connectivity index is 1.39. The molecule has 140 valence electrons. The van der Waals surface area contributed by atoms with Gasteiger partial charge in [-0.15, -0.1) is 10.2 Å². The molecule has 8 nitrogen and oxygen atoms in total. The van der Waals surface area contributed by atoms with Crippen LogP contribution < -0.4 is 15.0 Å². The molecule has 0 amide bonds. The van der Waals surface area contributed by atoms with Crippen LogP contribution in [0.2, 0.25) is 0 Å². The van der Waals surface area contributed by atoms with Crippen LogP contribution in [0.25, 0.3) is 22.3 Å². The zero-order valence-corrected chi connectivity index (χ0v) is 15.7. The standard InChI is InChI=1S/C19H15N5O3S/c1-24-17(11-6-7-14-15(8-11)27-10-26-14)22-23-19(24)28-9-16-20-13-5-3-2-4-12(13)18(25)21-16/h2-8H,9-10H2,1H3,(H,20,21,25). The monoisotopic (exact) mass is 393 g/mol. The van der Waals surface area contributed by atoms with Gasteiger partial charge in [-0.2, -0.15) is 0 Å². The van der Waals surface area contributed by atoms with Crippen LogP contribution in [0.3, 0.4) is 0 Å². The number of aromatic nitrogens is 5. The summed E-state index contributed by atoms with van der Waals surface area (Å²) < 4.78 is 12.7. The van der Waals surface area contributed by atoms with E-state index in [2.05, 4.69) is 20.2 Å². The van der Waals surface area contributed by atoms with Crippen molar-refractivity contribution in [2.45, 2.75) is 10.9 Å². The van der Waals surface area contributed by atoms with Crippen LogP contribution in [0, 0.1) is 0 Å². The lowest BCUT2D eigenvalue weighted by molar-refractivity contribution is 0.174. The van der Waals surface area contributed by atoms with E-state index < -0.39 is 0 Å². The van der Waals surface area contributed by atoms with Crippen molar-refractivity contribution in [3.05, 3.63) is 58.6 Å². The average molecular weight is 393 g/mol. The van der Waals surface area contributed by atoms with Crippen molar-refractivity contribution in [2.75, 3.05) is 6.79 Å². The van der Waals surface area contributed by atoms with Crippen molar-refractivity contribution in [2.24, 2.45) is 7.05 Å². The Hall–Kier alpha value is -3.33. The second kappa shape index (κ2) is 6.68. The molecule has 0 fully saturated rings. The van der Waals surface area contributed by atoms with E-state index in [1.807, 2.05) is 48.0 Å². The number of hydrogen-bond acceptors (Lipinski definition) is 7. The van der Waals surface area contributed by atoms with Gasteiger partial charge >= 0.3 is 0 Å². The average Bonchev–Trinajstić information content (AvgIpc) is 3.32. The SMILES string of the molecule is Cn1c(SCc2nc3ccccc3c(=O)[nH]2)nnc1-c1ccc2c(c1)OCO2. The van der Waals surface area contributed by atoms with E-state index in [0.717, 1.165) is 22.3 Å². The van der Waals surface area contributed by atoms with E-state index in [9.17, 15) is 4.79 Å². The third-order valence-electron chi connectivity index (χ3n) is 4.47. The molecule has 2 aromatic heterocycles. The molecule has 5 rings (SSSR count). The highest BCUT2D eigenvalue weighted by Gasteiger charge is 2.17. The van der Waals surface area contributed by atoms with Gasteiger partial charge in [0.1, 0.15) is 5.82 Å². The van der Waals surface area contributed by atoms with Gasteiger partial charge in [0.2, 0.25) is 6.79 Å². The number of hydrogen-bond donors (Lipinski definition) is 1. The highest BCUT2D eigenvalue weighted by molar-refractivity contribution is 7.98. The van der Waals surface area contributed by atoms with Crippen LogP contribution in [-0.4, -0.2) is 31.5 Å². The van der Waals surface area contributed by atoms with Crippen molar-refractivity contribution >= 4 is 22.7 Å². The molecule has 28 heavy (non-hydrogen) atoms. The number of benzene rings is 2. The number of aromatic amines is 1. The van der Waals surface area contributed by atoms with E-state index in [1.54, 1.807) is 6.07 Å². The van der Waals surface area contributed by atoms with Gasteiger partial charge in [0.05, 0.1) is 16.7 Å². The van der Waals surface area contributed by atoms with E-state index in [-0.39, 0.29) is 12.4 Å². The summed E-state index contributed by atoms with van der Waals surface area (Å²) in [6, 6.07) is 13.0. The molecule has 0 atom stereocenters. The number of para-hydroxylation sites is 1. The second-order valence-electron chi connectivity index (χ2n) is 6.25. The Bertz CT molecular complexity index is 1250. The molecule has 0 unspecified atom stereocenters. The number of H-pyrrole nitrogens is 1. The van der Waals surface area contributed by atoms with E-state index in [0.29, 0.717) is 28.2 Å². The first kappa shape index (κ1) is 16.8. The van der Waals surface area contributed by atoms with Gasteiger partial charge in [0, 0.05) is 12.6 Å². The number of ether oxygens (including phenoxy) is 2. The van der Waals surface area contributed by atoms with Gasteiger partial charge in [-0.05, 0) is 30.3 Å². The highest BCUT2D eigenvalue weighted by Crippen LogP contribution is 2.36. The summed E-state index contributed by atoms with van der Waals surface area (Å²) in [7, 11) is 1.90. The summed E-state index contributed by atoms with van der Waals surface area (Å²) >= 11 is 1.46. The topological polar surface area (TPSA) is 94.9 Å². The molecule has 0 saturated carbocycles. The molecule has 1 aliphatic rings. The maximum absolute atomic E-state index is 12.2. The Kier molecular flexibility index (Phi) is 4.01. The Labute approximate surface area is 163 Å². The minimum Gasteiger partial charge on any atom is -0.454 e. The molecule has 0 spiro atoms. The molecular weight excluding hydrogens is 378 g/mol. The minimum atomic E-state index is -0.139. The third-order valence-corrected chi connectivity index (χ3v) is 5.50. The molecule has 9 heteroatoms. The fourth-order valence-corrected chi connectivity index (χ4v) is 3.84. The first-order chi connectivity index (χ1) is 13.7. The van der Waals surface area contributed by atoms with Crippen LogP contribution in [-0.2, 0) is 12.8 Å². The van der Waals surface area contributed by atoms with Crippen molar-refractivity contribution in [3.63, 3.8) is 0 Å². The summed E-state index contributed by atoms with van der Waals surface area (Å²) in [5.74, 6) is 3.23. The molecule has 3 heterocycles. The van der Waals surface area contributed by atoms with Crippen molar-refractivity contribution in [3.8, 4) is 22.9 Å². The van der Waals surface area contributed by atoms with Gasteiger partial charge in [-0.3, -0.25) is 4.79 Å². The molecule has 1 N–H and O–H groups in total. The summed E-state index contributed by atoms with van der Waals surface area (Å²) in [6.07, 6.45) is 0. The molecule has 0 radical (unpaired) electrons. The Morgan fingerprint density at radius 3 is 2.93 bits per heavy atom. The molecule has 4 aromatic rings. The van der Waals surface area contributed by atoms with Crippen molar-refractivity contribution in [1.82, 2.24) is 24.7 Å². The molecule has 1 aliphatic heterocycles. The van der Waals surface area contributed by atoms with Crippen molar-refractivity contribution in [1.29, 1.82) is 0 Å². The van der Waals surface area contributed by atoms with E-state index in [4.69, 9.17) is 9.47 Å². The fourth-order valence-electron chi connectivity index (χ4n) is 3.06. The van der Waals surface area contributed by atoms with Gasteiger partial charge in [-0.1, -0.05) is 23.9 Å². The number of nitrogens with one attached hydrogen (secondary N) is 1. The normalized spacial score (nSPS) is 12.6. The lowest BCUT2D eigenvalue weighted by Gasteiger charge is -2.05. The Morgan fingerprint density at radius 1 is 1.14 bits per heavy atom. The lowest BCUT2D eigenvalue weighted by Crippen LogP contribution is -2.11. The van der Waals surface area contributed by atoms with Crippen LogP contribution in [0.15, 0.2) is 52.4 Å². The van der Waals surface area contributed by atoms with Gasteiger partial charge in [-0.25, -0.2) is 4.98 Å². The number of rotatable bonds is 4. The number of fused-ring (bicyclic) bond motifs is 2. The quantitative estimate of drug-likeness (QED) is 0.533. The van der Waals surface area contributed by atoms with Crippen LogP contribution in [0.1, 0.15) is 5.82 Å². The maximum atomic E-state index is 12.2. The predicted octanol–water partition coefficient (Wildman–Crippen LogP) is 2.74. The smallest absolute Gasteiger partial charge is 0.258 e. The van der Waals surface area contributed by atoms with Crippen LogP contribution in [0.5, 0.6) is 11.5 Å². The molecule has 2 aromatic carbocycles. The number of nitrogens with zero attached hydrogens (tertiary/aromatic N) is 4. The first-order valence-electron chi connectivity index (χ1n) is 8.59. The lowest BCUT2D eigenvalue weighted by atomic mass is 10.2.